The Labute approximate surface area is 138 Å². The highest BCUT2D eigenvalue weighted by Crippen LogP contribution is 2.37. The number of alkyl halides is 3. The molecule has 3 heterocycles. The third kappa shape index (κ3) is 3.14. The molecule has 3 aromatic heterocycles. The van der Waals surface area contributed by atoms with Crippen LogP contribution in [0.2, 0.25) is 0 Å². The van der Waals surface area contributed by atoms with Gasteiger partial charge in [-0.05, 0) is 19.1 Å². The van der Waals surface area contributed by atoms with Crippen LogP contribution in [0.15, 0.2) is 24.5 Å². The maximum absolute atomic E-state index is 13.0. The molecule has 1 N–H and O–H groups in total. The van der Waals surface area contributed by atoms with Crippen molar-refractivity contribution >= 4 is 27.5 Å². The van der Waals surface area contributed by atoms with Crippen molar-refractivity contribution in [2.24, 2.45) is 7.05 Å². The van der Waals surface area contributed by atoms with Gasteiger partial charge in [0.05, 0.1) is 11.4 Å². The number of hydrogen-bond acceptors (Lipinski definition) is 4. The molecule has 128 valence electrons. The van der Waals surface area contributed by atoms with E-state index in [0.717, 1.165) is 16.0 Å². The largest absolute Gasteiger partial charge is 0.435 e. The Kier molecular flexibility index (Phi) is 4.08. The van der Waals surface area contributed by atoms with Gasteiger partial charge in [0.25, 0.3) is 5.91 Å². The fraction of sp³-hybridized carbons (Fsp3) is 0.357. The van der Waals surface area contributed by atoms with E-state index in [0.29, 0.717) is 11.4 Å². The number of carbonyl (C=O) groups excluding carboxylic acids is 1. The van der Waals surface area contributed by atoms with Crippen molar-refractivity contribution in [3.63, 3.8) is 0 Å². The molecular formula is C14H14F3N5OS. The van der Waals surface area contributed by atoms with Crippen LogP contribution in [-0.2, 0) is 19.8 Å². The first-order valence-electron chi connectivity index (χ1n) is 7.07. The Morgan fingerprint density at radius 3 is 2.83 bits per heavy atom. The molecule has 0 aliphatic carbocycles. The summed E-state index contributed by atoms with van der Waals surface area (Å²) in [4.78, 5) is 12.8. The number of nitrogens with zero attached hydrogens (tertiary/aromatic N) is 4. The molecular weight excluding hydrogens is 343 g/mol. The minimum absolute atomic E-state index is 0.0557. The van der Waals surface area contributed by atoms with Crippen LogP contribution in [0.5, 0.6) is 0 Å². The molecule has 0 aromatic carbocycles. The molecule has 0 bridgehead atoms. The van der Waals surface area contributed by atoms with Crippen molar-refractivity contribution in [1.82, 2.24) is 24.9 Å². The van der Waals surface area contributed by atoms with Crippen LogP contribution < -0.4 is 5.32 Å². The number of carbonyl (C=O) groups is 1. The van der Waals surface area contributed by atoms with Gasteiger partial charge >= 0.3 is 6.18 Å². The van der Waals surface area contributed by atoms with Gasteiger partial charge in [-0.25, -0.2) is 0 Å². The molecule has 24 heavy (non-hydrogen) atoms. The average molecular weight is 357 g/mol. The first kappa shape index (κ1) is 16.5. The SMILES string of the molecule is CC(Cn1cccn1)NC(=O)c1cc2c(C(F)(F)F)nn(C)c2s1. The molecule has 3 rings (SSSR count). The Morgan fingerprint density at radius 2 is 2.21 bits per heavy atom. The molecule has 3 aromatic rings. The Morgan fingerprint density at radius 1 is 1.46 bits per heavy atom. The highest BCUT2D eigenvalue weighted by molar-refractivity contribution is 7.20. The van der Waals surface area contributed by atoms with Gasteiger partial charge in [0.15, 0.2) is 5.69 Å². The Bertz CT molecular complexity index is 865. The molecule has 10 heteroatoms. The molecule has 1 atom stereocenters. The molecule has 0 saturated carbocycles. The predicted octanol–water partition coefficient (Wildman–Crippen LogP) is 2.67. The lowest BCUT2D eigenvalue weighted by Crippen LogP contribution is -2.35. The second-order valence-corrected chi connectivity index (χ2v) is 6.43. The first-order chi connectivity index (χ1) is 11.3. The summed E-state index contributed by atoms with van der Waals surface area (Å²) in [5.74, 6) is -0.413. The molecule has 0 fully saturated rings. The van der Waals surface area contributed by atoms with E-state index in [9.17, 15) is 18.0 Å². The summed E-state index contributed by atoms with van der Waals surface area (Å²) in [6, 6.07) is 2.79. The first-order valence-corrected chi connectivity index (χ1v) is 7.89. The van der Waals surface area contributed by atoms with Crippen LogP contribution in [0, 0.1) is 0 Å². The maximum atomic E-state index is 13.0. The number of aryl methyl sites for hydroxylation is 1. The number of rotatable bonds is 4. The normalized spacial score (nSPS) is 13.4. The third-order valence-electron chi connectivity index (χ3n) is 3.40. The minimum atomic E-state index is -4.55. The fourth-order valence-corrected chi connectivity index (χ4v) is 3.37. The summed E-state index contributed by atoms with van der Waals surface area (Å²) in [6.07, 6.45) is -1.16. The van der Waals surface area contributed by atoms with E-state index < -0.39 is 17.8 Å². The van der Waals surface area contributed by atoms with Gasteiger partial charge in [0, 0.05) is 30.9 Å². The number of amides is 1. The highest BCUT2D eigenvalue weighted by atomic mass is 32.1. The average Bonchev–Trinajstić information content (AvgIpc) is 3.15. The summed E-state index contributed by atoms with van der Waals surface area (Å²) >= 11 is 0.985. The molecule has 6 nitrogen and oxygen atoms in total. The topological polar surface area (TPSA) is 64.7 Å². The van der Waals surface area contributed by atoms with E-state index in [1.807, 2.05) is 0 Å². The molecule has 0 saturated heterocycles. The Balaban J connectivity index is 1.80. The number of aromatic nitrogens is 4. The van der Waals surface area contributed by atoms with Crippen molar-refractivity contribution < 1.29 is 18.0 Å². The Hall–Kier alpha value is -2.36. The number of thiophene rings is 1. The van der Waals surface area contributed by atoms with Gasteiger partial charge < -0.3 is 5.32 Å². The van der Waals surface area contributed by atoms with E-state index in [-0.39, 0.29) is 16.3 Å². The highest BCUT2D eigenvalue weighted by Gasteiger charge is 2.37. The zero-order chi connectivity index (χ0) is 17.5. The maximum Gasteiger partial charge on any atom is 0.435 e. The molecule has 0 aliphatic rings. The van der Waals surface area contributed by atoms with Gasteiger partial charge in [-0.2, -0.15) is 23.4 Å². The molecule has 1 unspecified atom stereocenters. The van der Waals surface area contributed by atoms with Gasteiger partial charge in [0.2, 0.25) is 0 Å². The van der Waals surface area contributed by atoms with Crippen LogP contribution in [0.25, 0.3) is 10.2 Å². The smallest absolute Gasteiger partial charge is 0.347 e. The van der Waals surface area contributed by atoms with E-state index in [4.69, 9.17) is 0 Å². The van der Waals surface area contributed by atoms with Crippen LogP contribution in [0.4, 0.5) is 13.2 Å². The fourth-order valence-electron chi connectivity index (χ4n) is 2.39. The number of halogens is 3. The summed E-state index contributed by atoms with van der Waals surface area (Å²) in [5, 5.41) is 10.2. The van der Waals surface area contributed by atoms with Crippen LogP contribution in [0.3, 0.4) is 0 Å². The van der Waals surface area contributed by atoms with E-state index in [1.54, 1.807) is 30.1 Å². The van der Waals surface area contributed by atoms with E-state index in [2.05, 4.69) is 15.5 Å². The van der Waals surface area contributed by atoms with Gasteiger partial charge in [-0.3, -0.25) is 14.2 Å². The van der Waals surface area contributed by atoms with Crippen molar-refractivity contribution in [2.45, 2.75) is 25.7 Å². The number of fused-ring (bicyclic) bond motifs is 1. The number of hydrogen-bond donors (Lipinski definition) is 1. The van der Waals surface area contributed by atoms with E-state index in [1.165, 1.54) is 13.1 Å². The van der Waals surface area contributed by atoms with Gasteiger partial charge in [-0.15, -0.1) is 11.3 Å². The molecule has 0 radical (unpaired) electrons. The summed E-state index contributed by atoms with van der Waals surface area (Å²) < 4.78 is 41.8. The molecule has 0 spiro atoms. The third-order valence-corrected chi connectivity index (χ3v) is 4.60. The van der Waals surface area contributed by atoms with Crippen LogP contribution in [0.1, 0.15) is 22.3 Å². The summed E-state index contributed by atoms with van der Waals surface area (Å²) in [7, 11) is 1.43. The van der Waals surface area contributed by atoms with Crippen LogP contribution >= 0.6 is 11.3 Å². The number of nitrogens with one attached hydrogen (secondary N) is 1. The van der Waals surface area contributed by atoms with Crippen LogP contribution in [-0.4, -0.2) is 31.5 Å². The monoisotopic (exact) mass is 357 g/mol. The standard InChI is InChI=1S/C14H14F3N5OS/c1-8(7-22-5-3-4-18-22)19-12(23)10-6-9-11(14(15,16)17)20-21(2)13(9)24-10/h3-6,8H,7H2,1-2H3,(H,19,23). The zero-order valence-corrected chi connectivity index (χ0v) is 13.6. The minimum Gasteiger partial charge on any atom is -0.347 e. The van der Waals surface area contributed by atoms with Crippen molar-refractivity contribution in [3.05, 3.63) is 35.1 Å². The zero-order valence-electron chi connectivity index (χ0n) is 12.8. The molecule has 1 amide bonds. The van der Waals surface area contributed by atoms with Gasteiger partial charge in [0.1, 0.15) is 4.83 Å². The summed E-state index contributed by atoms with van der Waals surface area (Å²) in [5.41, 5.74) is -0.972. The van der Waals surface area contributed by atoms with Crippen molar-refractivity contribution in [2.75, 3.05) is 0 Å². The summed E-state index contributed by atoms with van der Waals surface area (Å²) in [6.45, 7) is 2.27. The van der Waals surface area contributed by atoms with Crippen molar-refractivity contribution in [1.29, 1.82) is 0 Å². The molecule has 0 aliphatic heterocycles. The quantitative estimate of drug-likeness (QED) is 0.781. The second-order valence-electron chi connectivity index (χ2n) is 5.40. The lowest BCUT2D eigenvalue weighted by atomic mass is 10.2. The van der Waals surface area contributed by atoms with E-state index >= 15 is 0 Å². The van der Waals surface area contributed by atoms with Crippen molar-refractivity contribution in [3.8, 4) is 0 Å². The predicted molar refractivity (Wildman–Crippen MR) is 82.7 cm³/mol. The van der Waals surface area contributed by atoms with Gasteiger partial charge in [-0.1, -0.05) is 0 Å². The second kappa shape index (κ2) is 5.93. The lowest BCUT2D eigenvalue weighted by molar-refractivity contribution is -0.140. The lowest BCUT2D eigenvalue weighted by Gasteiger charge is -2.13.